The summed E-state index contributed by atoms with van der Waals surface area (Å²) in [5.41, 5.74) is 2.20. The fraction of sp³-hybridized carbons (Fsp3) is 0.111. The van der Waals surface area contributed by atoms with Gasteiger partial charge in [-0.05, 0) is 29.8 Å². The van der Waals surface area contributed by atoms with Crippen molar-refractivity contribution in [1.82, 2.24) is 4.98 Å². The topological polar surface area (TPSA) is 76.1 Å². The Morgan fingerprint density at radius 3 is 2.44 bits per heavy atom. The third-order valence-electron chi connectivity index (χ3n) is 3.68. The number of benzene rings is 2. The summed E-state index contributed by atoms with van der Waals surface area (Å²) in [4.78, 5) is 16.8. The second-order valence-corrected chi connectivity index (χ2v) is 9.50. The molecule has 0 saturated carbocycles. The van der Waals surface area contributed by atoms with Gasteiger partial charge in [-0.15, -0.1) is 11.3 Å². The Labute approximate surface area is 170 Å². The normalized spacial score (nSPS) is 11.4. The summed E-state index contributed by atoms with van der Waals surface area (Å²) in [5, 5.41) is 5.92. The SMILES string of the molecule is CS(=O)(=O)c1ccc(CC(=O)Nc2nc(-c3ccc(Cl)c(Cl)c3)cs2)cc1. The van der Waals surface area contributed by atoms with Crippen LogP contribution in [0.5, 0.6) is 0 Å². The molecule has 0 radical (unpaired) electrons. The highest BCUT2D eigenvalue weighted by atomic mass is 35.5. The molecule has 0 bridgehead atoms. The molecule has 0 atom stereocenters. The average molecular weight is 441 g/mol. The molecule has 0 spiro atoms. The maximum Gasteiger partial charge on any atom is 0.230 e. The lowest BCUT2D eigenvalue weighted by molar-refractivity contribution is -0.115. The highest BCUT2D eigenvalue weighted by Gasteiger charge is 2.11. The van der Waals surface area contributed by atoms with E-state index in [1.54, 1.807) is 30.3 Å². The zero-order valence-corrected chi connectivity index (χ0v) is 17.2. The van der Waals surface area contributed by atoms with E-state index >= 15 is 0 Å². The van der Waals surface area contributed by atoms with Gasteiger partial charge in [0.05, 0.1) is 27.1 Å². The van der Waals surface area contributed by atoms with Crippen molar-refractivity contribution in [3.63, 3.8) is 0 Å². The molecule has 1 N–H and O–H groups in total. The van der Waals surface area contributed by atoms with Crippen LogP contribution in [0.4, 0.5) is 5.13 Å². The molecule has 5 nitrogen and oxygen atoms in total. The van der Waals surface area contributed by atoms with Crippen molar-refractivity contribution in [3.05, 3.63) is 63.5 Å². The summed E-state index contributed by atoms with van der Waals surface area (Å²) >= 11 is 13.2. The van der Waals surface area contributed by atoms with Crippen LogP contribution in [0.15, 0.2) is 52.7 Å². The molecule has 0 fully saturated rings. The molecule has 1 amide bonds. The standard InChI is InChI=1S/C18H14Cl2N2O3S2/c1-27(24,25)13-5-2-11(3-6-13)8-17(23)22-18-21-16(10-26-18)12-4-7-14(19)15(20)9-12/h2-7,9-10H,8H2,1H3,(H,21,22,23). The van der Waals surface area contributed by atoms with E-state index < -0.39 is 9.84 Å². The summed E-state index contributed by atoms with van der Waals surface area (Å²) in [6.45, 7) is 0. The Morgan fingerprint density at radius 2 is 1.81 bits per heavy atom. The maximum atomic E-state index is 12.2. The number of halogens is 2. The maximum absolute atomic E-state index is 12.2. The van der Waals surface area contributed by atoms with Crippen LogP contribution in [-0.4, -0.2) is 25.6 Å². The molecular weight excluding hydrogens is 427 g/mol. The van der Waals surface area contributed by atoms with Crippen molar-refractivity contribution in [2.45, 2.75) is 11.3 Å². The van der Waals surface area contributed by atoms with E-state index in [0.717, 1.165) is 11.8 Å². The zero-order valence-electron chi connectivity index (χ0n) is 14.1. The van der Waals surface area contributed by atoms with Gasteiger partial charge in [0.25, 0.3) is 0 Å². The van der Waals surface area contributed by atoms with E-state index in [9.17, 15) is 13.2 Å². The number of nitrogens with one attached hydrogen (secondary N) is 1. The summed E-state index contributed by atoms with van der Waals surface area (Å²) in [6, 6.07) is 11.4. The first-order valence-corrected chi connectivity index (χ1v) is 11.2. The van der Waals surface area contributed by atoms with E-state index in [2.05, 4.69) is 10.3 Å². The first kappa shape index (κ1) is 19.8. The molecule has 140 valence electrons. The van der Waals surface area contributed by atoms with E-state index in [1.807, 2.05) is 5.38 Å². The van der Waals surface area contributed by atoms with Crippen LogP contribution >= 0.6 is 34.5 Å². The Kier molecular flexibility index (Phi) is 5.86. The number of anilines is 1. The van der Waals surface area contributed by atoms with E-state index in [-0.39, 0.29) is 17.2 Å². The van der Waals surface area contributed by atoms with Crippen LogP contribution in [0.1, 0.15) is 5.56 Å². The van der Waals surface area contributed by atoms with E-state index in [1.165, 1.54) is 23.5 Å². The molecule has 0 aliphatic heterocycles. The van der Waals surface area contributed by atoms with Gasteiger partial charge in [0.15, 0.2) is 15.0 Å². The Bertz CT molecular complexity index is 1090. The number of sulfone groups is 1. The minimum Gasteiger partial charge on any atom is -0.302 e. The van der Waals surface area contributed by atoms with Crippen molar-refractivity contribution >= 4 is 55.4 Å². The van der Waals surface area contributed by atoms with Gasteiger partial charge < -0.3 is 5.32 Å². The fourth-order valence-corrected chi connectivity index (χ4v) is 3.99. The summed E-state index contributed by atoms with van der Waals surface area (Å²) in [5.74, 6) is -0.239. The van der Waals surface area contributed by atoms with Crippen molar-refractivity contribution in [2.75, 3.05) is 11.6 Å². The molecule has 27 heavy (non-hydrogen) atoms. The molecule has 9 heteroatoms. The fourth-order valence-electron chi connectivity index (χ4n) is 2.32. The van der Waals surface area contributed by atoms with Crippen LogP contribution in [0.2, 0.25) is 10.0 Å². The monoisotopic (exact) mass is 440 g/mol. The van der Waals surface area contributed by atoms with Crippen LogP contribution < -0.4 is 5.32 Å². The van der Waals surface area contributed by atoms with Crippen molar-refractivity contribution in [2.24, 2.45) is 0 Å². The first-order valence-electron chi connectivity index (χ1n) is 7.72. The quantitative estimate of drug-likeness (QED) is 0.623. The first-order chi connectivity index (χ1) is 12.7. The second kappa shape index (κ2) is 7.98. The molecule has 1 heterocycles. The van der Waals surface area contributed by atoms with Gasteiger partial charge in [0.2, 0.25) is 5.91 Å². The van der Waals surface area contributed by atoms with Gasteiger partial charge in [-0.1, -0.05) is 41.4 Å². The summed E-state index contributed by atoms with van der Waals surface area (Å²) < 4.78 is 22.9. The van der Waals surface area contributed by atoms with Crippen molar-refractivity contribution < 1.29 is 13.2 Å². The number of amides is 1. The highest BCUT2D eigenvalue weighted by molar-refractivity contribution is 7.90. The van der Waals surface area contributed by atoms with Gasteiger partial charge in [0, 0.05) is 17.2 Å². The Hall–Kier alpha value is -1.93. The minimum atomic E-state index is -3.25. The van der Waals surface area contributed by atoms with Crippen molar-refractivity contribution in [1.29, 1.82) is 0 Å². The Balaban J connectivity index is 1.66. The number of hydrogen-bond donors (Lipinski definition) is 1. The summed E-state index contributed by atoms with van der Waals surface area (Å²) in [6.07, 6.45) is 1.26. The number of nitrogens with zero attached hydrogens (tertiary/aromatic N) is 1. The van der Waals surface area contributed by atoms with Crippen LogP contribution in [0, 0.1) is 0 Å². The van der Waals surface area contributed by atoms with Gasteiger partial charge in [0.1, 0.15) is 0 Å². The molecule has 1 aromatic heterocycles. The number of carbonyl (C=O) groups is 1. The number of aromatic nitrogens is 1. The zero-order chi connectivity index (χ0) is 19.6. The van der Waals surface area contributed by atoms with Gasteiger partial charge in [-0.2, -0.15) is 0 Å². The van der Waals surface area contributed by atoms with E-state index in [0.29, 0.717) is 26.4 Å². The number of rotatable bonds is 5. The molecule has 3 aromatic rings. The average Bonchev–Trinajstić information content (AvgIpc) is 3.05. The van der Waals surface area contributed by atoms with Gasteiger partial charge in [-0.25, -0.2) is 13.4 Å². The van der Waals surface area contributed by atoms with Crippen LogP contribution in [-0.2, 0) is 21.1 Å². The number of thiazole rings is 1. The number of hydrogen-bond acceptors (Lipinski definition) is 5. The number of carbonyl (C=O) groups excluding carboxylic acids is 1. The molecule has 0 saturated heterocycles. The molecule has 0 unspecified atom stereocenters. The lowest BCUT2D eigenvalue weighted by Gasteiger charge is -2.04. The van der Waals surface area contributed by atoms with Gasteiger partial charge >= 0.3 is 0 Å². The minimum absolute atomic E-state index is 0.117. The molecular formula is C18H14Cl2N2O3S2. The second-order valence-electron chi connectivity index (χ2n) is 5.81. The molecule has 0 aliphatic carbocycles. The Morgan fingerprint density at radius 1 is 1.11 bits per heavy atom. The molecule has 3 rings (SSSR count). The third-order valence-corrected chi connectivity index (χ3v) is 6.31. The largest absolute Gasteiger partial charge is 0.302 e. The van der Waals surface area contributed by atoms with Gasteiger partial charge in [-0.3, -0.25) is 4.79 Å². The smallest absolute Gasteiger partial charge is 0.230 e. The van der Waals surface area contributed by atoms with Crippen LogP contribution in [0.3, 0.4) is 0 Å². The molecule has 2 aromatic carbocycles. The van der Waals surface area contributed by atoms with E-state index in [4.69, 9.17) is 23.2 Å². The predicted molar refractivity (Wildman–Crippen MR) is 109 cm³/mol. The predicted octanol–water partition coefficient (Wildman–Crippen LogP) is 4.70. The lowest BCUT2D eigenvalue weighted by atomic mass is 10.1. The molecule has 0 aliphatic rings. The highest BCUT2D eigenvalue weighted by Crippen LogP contribution is 2.30. The van der Waals surface area contributed by atoms with Crippen molar-refractivity contribution in [3.8, 4) is 11.3 Å². The van der Waals surface area contributed by atoms with Crippen LogP contribution in [0.25, 0.3) is 11.3 Å². The summed E-state index contributed by atoms with van der Waals surface area (Å²) in [7, 11) is -3.25. The lowest BCUT2D eigenvalue weighted by Crippen LogP contribution is -2.14. The third kappa shape index (κ3) is 5.07.